The highest BCUT2D eigenvalue weighted by atomic mass is 31.2. The lowest BCUT2D eigenvalue weighted by molar-refractivity contribution is -0.203. The molecular formula is C61H88F3N12O14P. The van der Waals surface area contributed by atoms with Gasteiger partial charge in [0.1, 0.15) is 31.0 Å². The van der Waals surface area contributed by atoms with Crippen LogP contribution >= 0.6 is 8.53 Å². The maximum atomic E-state index is 14.5. The number of nitrogens with one attached hydrogen (secondary N) is 4. The number of aromatic amines is 2. The Labute approximate surface area is 528 Å². The smallest absolute Gasteiger partial charge is 0.467 e. The van der Waals surface area contributed by atoms with Crippen molar-refractivity contribution in [3.05, 3.63) is 85.2 Å². The van der Waals surface area contributed by atoms with Crippen molar-refractivity contribution in [2.24, 2.45) is 5.92 Å². The molecule has 0 aliphatic carbocycles. The summed E-state index contributed by atoms with van der Waals surface area (Å²) >= 11 is 0. The van der Waals surface area contributed by atoms with E-state index in [0.717, 1.165) is 85.4 Å². The molecular weight excluding hydrogens is 1210 g/mol. The van der Waals surface area contributed by atoms with Gasteiger partial charge >= 0.3 is 23.7 Å². The van der Waals surface area contributed by atoms with Gasteiger partial charge in [-0.1, -0.05) is 104 Å². The maximum absolute atomic E-state index is 14.5. The van der Waals surface area contributed by atoms with Crippen LogP contribution in [0.15, 0.2) is 57.1 Å². The maximum Gasteiger partial charge on any atom is 0.471 e. The lowest BCUT2D eigenvalue weighted by atomic mass is 10.0. The summed E-state index contributed by atoms with van der Waals surface area (Å²) in [4.78, 5) is 129. The number of nitriles is 1. The Balaban J connectivity index is 1.35. The van der Waals surface area contributed by atoms with Gasteiger partial charge in [-0.05, 0) is 64.8 Å². The number of unbranched alkanes of at least 4 members (excludes halogenated alkanes) is 13. The van der Waals surface area contributed by atoms with E-state index in [1.165, 1.54) is 64.7 Å². The van der Waals surface area contributed by atoms with E-state index in [4.69, 9.17) is 28.1 Å². The number of hydroxylamine groups is 2. The van der Waals surface area contributed by atoms with Crippen molar-refractivity contribution < 1.29 is 65.2 Å². The minimum absolute atomic E-state index is 0.0279. The highest BCUT2D eigenvalue weighted by Crippen LogP contribution is 2.50. The summed E-state index contributed by atoms with van der Waals surface area (Å²) in [6.45, 7) is 12.2. The van der Waals surface area contributed by atoms with E-state index in [9.17, 15) is 56.8 Å². The molecule has 4 heterocycles. The van der Waals surface area contributed by atoms with E-state index in [1.54, 1.807) is 13.8 Å². The molecule has 4 amide bonds. The van der Waals surface area contributed by atoms with Crippen LogP contribution in [0, 0.1) is 17.2 Å². The summed E-state index contributed by atoms with van der Waals surface area (Å²) in [6, 6.07) is 5.89. The summed E-state index contributed by atoms with van der Waals surface area (Å²) in [5.41, 5.74) is -3.69. The number of hydrogen-bond donors (Lipinski definition) is 4. The Morgan fingerprint density at radius 3 is 2.03 bits per heavy atom. The number of aromatic nitrogens is 6. The largest absolute Gasteiger partial charge is 0.471 e. The third-order valence-electron chi connectivity index (χ3n) is 14.9. The first-order valence-corrected chi connectivity index (χ1v) is 32.2. The Morgan fingerprint density at radius 1 is 0.846 bits per heavy atom. The molecule has 3 aromatic heterocycles. The molecule has 1 aliphatic heterocycles. The Bertz CT molecular complexity index is 3210. The second kappa shape index (κ2) is 37.5. The molecule has 30 heteroatoms. The molecule has 1 aromatic carbocycles. The van der Waals surface area contributed by atoms with E-state index in [1.807, 2.05) is 32.4 Å². The molecule has 4 aromatic rings. The number of ether oxygens (including phenoxy) is 3. The zero-order valence-corrected chi connectivity index (χ0v) is 54.3. The molecule has 0 radical (unpaired) electrons. The van der Waals surface area contributed by atoms with E-state index in [2.05, 4.69) is 48.5 Å². The fraction of sp³-hybridized carbons (Fsp3) is 0.639. The fourth-order valence-corrected chi connectivity index (χ4v) is 11.9. The first-order chi connectivity index (χ1) is 43.4. The summed E-state index contributed by atoms with van der Waals surface area (Å²) in [7, 11) is 0.532. The molecule has 5 rings (SSSR count). The van der Waals surface area contributed by atoms with Gasteiger partial charge in [-0.3, -0.25) is 58.4 Å². The van der Waals surface area contributed by atoms with E-state index in [-0.39, 0.29) is 78.7 Å². The van der Waals surface area contributed by atoms with Crippen LogP contribution in [0.3, 0.4) is 0 Å². The lowest BCUT2D eigenvalue weighted by Crippen LogP contribution is -2.44. The van der Waals surface area contributed by atoms with Crippen LogP contribution in [-0.4, -0.2) is 145 Å². The van der Waals surface area contributed by atoms with Gasteiger partial charge in [-0.2, -0.15) is 23.4 Å². The number of methoxy groups -OCH3 is 2. The average Bonchev–Trinajstić information content (AvgIpc) is 1.80. The zero-order valence-electron chi connectivity index (χ0n) is 53.4. The van der Waals surface area contributed by atoms with Gasteiger partial charge in [-0.15, -0.1) is 0 Å². The molecule has 502 valence electrons. The van der Waals surface area contributed by atoms with Crippen molar-refractivity contribution in [3.8, 4) is 6.07 Å². The molecule has 4 N–H and O–H groups in total. The number of halogens is 3. The molecule has 91 heavy (non-hydrogen) atoms. The molecule has 0 saturated carbocycles. The summed E-state index contributed by atoms with van der Waals surface area (Å²) in [6.07, 6.45) is 7.14. The van der Waals surface area contributed by atoms with Crippen molar-refractivity contribution in [1.82, 2.24) is 44.5 Å². The summed E-state index contributed by atoms with van der Waals surface area (Å²) in [5, 5.41) is 15.5. The van der Waals surface area contributed by atoms with Crippen molar-refractivity contribution in [1.29, 1.82) is 5.26 Å². The van der Waals surface area contributed by atoms with Gasteiger partial charge in [0.25, 0.3) is 25.6 Å². The number of nitrogens with zero attached hydrogens (tertiary/aromatic N) is 8. The van der Waals surface area contributed by atoms with Crippen LogP contribution in [0.1, 0.15) is 180 Å². The second-order valence-electron chi connectivity index (χ2n) is 22.9. The number of esters is 1. The van der Waals surface area contributed by atoms with Crippen LogP contribution in [0.4, 0.5) is 24.8 Å². The highest BCUT2D eigenvalue weighted by Gasteiger charge is 2.50. The first-order valence-electron chi connectivity index (χ1n) is 31.0. The number of alkyl halides is 3. The first kappa shape index (κ1) is 74.7. The lowest BCUT2D eigenvalue weighted by Gasteiger charge is -2.38. The van der Waals surface area contributed by atoms with Gasteiger partial charge in [0.15, 0.2) is 17.4 Å². The van der Waals surface area contributed by atoms with Crippen LogP contribution in [0.25, 0.3) is 11.2 Å². The van der Waals surface area contributed by atoms with Crippen LogP contribution < -0.4 is 32.3 Å². The standard InChI is InChI=1S/C61H88F3N12O14P/c1-10-11-12-13-14-15-16-17-18-19-20-21-22-23-33-75(87-38-46-50(90-91(88-35-24-32-65)76(40(4)5)41(6)7)51(85-8)56(89-46)73-34-31-47(77)69-60(73)84)48(78)30-29-45(57(82)86-9)68-54(80)42-25-27-44(28-26-42)74(58(83)61(62,63)64)37-43-36-66-52-49(67-43)55(81)72-59(70-52)71-53(79)39(2)3/h25-28,31,34,36,39-41,45-46,50-51,56H,10-24,29-30,33,35,37-38H2,1-9H3,(H,68,80)(H,69,77,84)(H2,66,70,71,72,79,81)/t45-,46?,50?,51?,56?,91?/m0/s1. The number of hydrogen-bond acceptors (Lipinski definition) is 19. The third kappa shape index (κ3) is 22.9. The van der Waals surface area contributed by atoms with E-state index < -0.39 is 111 Å². The number of anilines is 2. The Kier molecular flexibility index (Phi) is 30.7. The van der Waals surface area contributed by atoms with Crippen LogP contribution in [0.5, 0.6) is 0 Å². The molecule has 26 nitrogen and oxygen atoms in total. The number of amides is 4. The molecule has 0 spiro atoms. The predicted octanol–water partition coefficient (Wildman–Crippen LogP) is 8.82. The van der Waals surface area contributed by atoms with Crippen LogP contribution in [0.2, 0.25) is 0 Å². The van der Waals surface area contributed by atoms with Gasteiger partial charge in [0.2, 0.25) is 17.8 Å². The van der Waals surface area contributed by atoms with Crippen LogP contribution in [-0.2, 0) is 53.8 Å². The molecule has 0 bridgehead atoms. The summed E-state index contributed by atoms with van der Waals surface area (Å²) in [5.74, 6) is -5.90. The van der Waals surface area contributed by atoms with Crippen molar-refractivity contribution >= 4 is 60.9 Å². The number of H-pyrrole nitrogens is 2. The van der Waals surface area contributed by atoms with Crippen molar-refractivity contribution in [2.45, 2.75) is 213 Å². The SMILES string of the molecule is CCCCCCCCCCCCCCCCN(OCC1OC(n2ccc(=O)[nH]c2=O)C(OC)C1OP(OCCC#N)N(C(C)C)C(C)C)C(=O)CC[C@H](NC(=O)c1ccc(N(Cc2cnc3nc(NC(=O)C(C)C)[nH]c(=O)c3n2)C(=O)C(F)(F)F)cc1)C(=O)OC. The Hall–Kier alpha value is -7.06. The number of carbonyl (C=O) groups excluding carboxylic acids is 5. The van der Waals surface area contributed by atoms with E-state index in [0.29, 0.717) is 11.3 Å². The van der Waals surface area contributed by atoms with Crippen molar-refractivity contribution in [2.75, 3.05) is 44.2 Å². The molecule has 6 atom stereocenters. The minimum atomic E-state index is -5.39. The number of carbonyl (C=O) groups is 5. The topological polar surface area (TPSA) is 325 Å². The normalized spacial score (nSPS) is 16.5. The zero-order chi connectivity index (χ0) is 66.8. The molecule has 1 fully saturated rings. The Morgan fingerprint density at radius 2 is 1.47 bits per heavy atom. The third-order valence-corrected chi connectivity index (χ3v) is 17.0. The molecule has 1 saturated heterocycles. The predicted molar refractivity (Wildman–Crippen MR) is 332 cm³/mol. The number of benzene rings is 1. The monoisotopic (exact) mass is 1300 g/mol. The quantitative estimate of drug-likeness (QED) is 0.0140. The second-order valence-corrected chi connectivity index (χ2v) is 24.3. The van der Waals surface area contributed by atoms with E-state index >= 15 is 0 Å². The fourth-order valence-electron chi connectivity index (χ4n) is 10.1. The average molecular weight is 1300 g/mol. The van der Waals surface area contributed by atoms with Crippen molar-refractivity contribution in [3.63, 3.8) is 0 Å². The van der Waals surface area contributed by atoms with Gasteiger partial charge in [0, 0.05) is 61.6 Å². The number of fused-ring (bicyclic) bond motifs is 1. The summed E-state index contributed by atoms with van der Waals surface area (Å²) < 4.78 is 76.1. The highest BCUT2D eigenvalue weighted by molar-refractivity contribution is 7.44. The van der Waals surface area contributed by atoms with Gasteiger partial charge in [-0.25, -0.2) is 29.3 Å². The molecule has 5 unspecified atom stereocenters. The molecule has 1 aliphatic rings. The van der Waals surface area contributed by atoms with Gasteiger partial charge < -0.3 is 28.6 Å². The van der Waals surface area contributed by atoms with Gasteiger partial charge in [0.05, 0.1) is 44.6 Å². The number of rotatable bonds is 39. The minimum Gasteiger partial charge on any atom is -0.467 e.